The van der Waals surface area contributed by atoms with Gasteiger partial charge in [0, 0.05) is 0 Å². The molecule has 0 saturated carbocycles. The van der Waals surface area contributed by atoms with E-state index in [1.807, 2.05) is 6.08 Å². The number of hydrogen-bond acceptors (Lipinski definition) is 2. The van der Waals surface area contributed by atoms with E-state index in [1.165, 1.54) is 0 Å². The fourth-order valence-electron chi connectivity index (χ4n) is 1.39. The number of hydrogen-bond donors (Lipinski definition) is 3. The number of nitrogens with one attached hydrogen (secondary N) is 2. The molecule has 1 aromatic rings. The van der Waals surface area contributed by atoms with E-state index in [2.05, 4.69) is 22.6 Å². The molecule has 0 aliphatic heterocycles. The van der Waals surface area contributed by atoms with E-state index in [1.54, 1.807) is 0 Å². The molecule has 92 valence electrons. The van der Waals surface area contributed by atoms with Crippen LogP contribution in [-0.4, -0.2) is 21.0 Å². The van der Waals surface area contributed by atoms with Gasteiger partial charge in [0.05, 0.1) is 6.08 Å². The van der Waals surface area contributed by atoms with Crippen molar-refractivity contribution in [2.75, 3.05) is 0 Å². The van der Waals surface area contributed by atoms with Gasteiger partial charge in [-0.25, -0.2) is 4.79 Å². The third-order valence-corrected chi connectivity index (χ3v) is 2.23. The number of H-pyrrole nitrogens is 2. The molecule has 1 heterocycles. The summed E-state index contributed by atoms with van der Waals surface area (Å²) in [5.41, 5.74) is 2.64. The lowest BCUT2D eigenvalue weighted by molar-refractivity contribution is -0.131. The Balaban J connectivity index is 2.93. The van der Waals surface area contributed by atoms with Crippen molar-refractivity contribution in [3.63, 3.8) is 0 Å². The third kappa shape index (κ3) is 4.57. The van der Waals surface area contributed by atoms with Crippen LogP contribution in [0.3, 0.4) is 0 Å². The highest BCUT2D eigenvalue weighted by Gasteiger charge is 1.91. The first-order chi connectivity index (χ1) is 8.13. The van der Waals surface area contributed by atoms with E-state index in [0.29, 0.717) is 5.48 Å². The van der Waals surface area contributed by atoms with E-state index in [0.717, 1.165) is 31.8 Å². The monoisotopic (exact) mass is 236 g/mol. The Morgan fingerprint density at radius 3 is 2.82 bits per heavy atom. The Labute approximate surface area is 98.2 Å². The van der Waals surface area contributed by atoms with Gasteiger partial charge in [0.25, 0.3) is 5.56 Å². The van der Waals surface area contributed by atoms with E-state index >= 15 is 0 Å². The van der Waals surface area contributed by atoms with Gasteiger partial charge in [-0.1, -0.05) is 25.5 Å². The fourth-order valence-corrected chi connectivity index (χ4v) is 1.39. The number of imidazole rings is 1. The smallest absolute Gasteiger partial charge is 0.336 e. The number of rotatable bonds is 5. The predicted molar refractivity (Wildman–Crippen MR) is 64.9 cm³/mol. The van der Waals surface area contributed by atoms with Crippen LogP contribution in [0.5, 0.6) is 0 Å². The molecule has 0 radical (unpaired) electrons. The molecule has 0 aliphatic carbocycles. The van der Waals surface area contributed by atoms with Gasteiger partial charge in [-0.05, 0) is 18.9 Å². The lowest BCUT2D eigenvalue weighted by atomic mass is 10.2. The van der Waals surface area contributed by atoms with E-state index < -0.39 is 5.97 Å². The highest BCUT2D eigenvalue weighted by molar-refractivity contribution is 5.82. The molecular weight excluding hydrogens is 220 g/mol. The van der Waals surface area contributed by atoms with Crippen LogP contribution in [-0.2, 0) is 4.79 Å². The largest absolute Gasteiger partial charge is 0.478 e. The second-order valence-electron chi connectivity index (χ2n) is 3.69. The quantitative estimate of drug-likeness (QED) is 0.500. The average molecular weight is 236 g/mol. The number of unbranched alkanes of at least 4 members (excludes halogenated alkanes) is 3. The lowest BCUT2D eigenvalue weighted by Gasteiger charge is -1.89. The van der Waals surface area contributed by atoms with E-state index in [-0.39, 0.29) is 10.9 Å². The van der Waals surface area contributed by atoms with Crippen molar-refractivity contribution in [1.29, 1.82) is 0 Å². The molecule has 0 unspecified atom stereocenters. The van der Waals surface area contributed by atoms with Gasteiger partial charge >= 0.3 is 5.97 Å². The molecule has 3 N–H and O–H groups in total. The Hall–Kier alpha value is -2.00. The normalized spacial score (nSPS) is 11.2. The van der Waals surface area contributed by atoms with Gasteiger partial charge in [-0.3, -0.25) is 4.79 Å². The Morgan fingerprint density at radius 1 is 1.41 bits per heavy atom. The second-order valence-corrected chi connectivity index (χ2v) is 3.69. The topological polar surface area (TPSA) is 85.9 Å². The average Bonchev–Trinajstić information content (AvgIpc) is 2.63. The molecular formula is C12H16N2O3. The van der Waals surface area contributed by atoms with Crippen molar-refractivity contribution < 1.29 is 9.90 Å². The van der Waals surface area contributed by atoms with Crippen LogP contribution in [0.1, 0.15) is 32.6 Å². The summed E-state index contributed by atoms with van der Waals surface area (Å²) in [5.74, 6) is -1.13. The summed E-state index contributed by atoms with van der Waals surface area (Å²) in [4.78, 5) is 27.0. The van der Waals surface area contributed by atoms with E-state index in [9.17, 15) is 9.59 Å². The number of carboxylic acids is 1. The van der Waals surface area contributed by atoms with Crippen LogP contribution >= 0.6 is 0 Å². The van der Waals surface area contributed by atoms with Crippen molar-refractivity contribution in [2.24, 2.45) is 0 Å². The molecule has 17 heavy (non-hydrogen) atoms. The third-order valence-electron chi connectivity index (χ3n) is 2.23. The van der Waals surface area contributed by atoms with Crippen molar-refractivity contribution in [3.05, 3.63) is 27.3 Å². The van der Waals surface area contributed by atoms with Gasteiger partial charge in [0.1, 0.15) is 10.8 Å². The molecule has 0 fully saturated rings. The van der Waals surface area contributed by atoms with Crippen molar-refractivity contribution in [1.82, 2.24) is 9.97 Å². The zero-order valence-electron chi connectivity index (χ0n) is 9.75. The summed E-state index contributed by atoms with van der Waals surface area (Å²) in [6, 6.07) is 0. The van der Waals surface area contributed by atoms with Gasteiger partial charge in [-0.15, -0.1) is 0 Å². The van der Waals surface area contributed by atoms with E-state index in [4.69, 9.17) is 5.11 Å². The molecule has 0 saturated heterocycles. The highest BCUT2D eigenvalue weighted by Crippen LogP contribution is 1.98. The first kappa shape index (κ1) is 13.1. The fraction of sp³-hybridized carbons (Fsp3) is 0.417. The molecule has 5 heteroatoms. The zero-order valence-corrected chi connectivity index (χ0v) is 9.75. The number of aromatic nitrogens is 2. The molecule has 0 spiro atoms. The first-order valence-electron chi connectivity index (χ1n) is 5.61. The summed E-state index contributed by atoms with van der Waals surface area (Å²) < 4.78 is 0. The van der Waals surface area contributed by atoms with Crippen molar-refractivity contribution in [3.8, 4) is 0 Å². The maximum absolute atomic E-state index is 11.4. The predicted octanol–water partition coefficient (Wildman–Crippen LogP) is 0.0840. The van der Waals surface area contributed by atoms with Crippen LogP contribution in [0.15, 0.2) is 10.9 Å². The maximum Gasteiger partial charge on any atom is 0.336 e. The molecule has 0 aliphatic rings. The summed E-state index contributed by atoms with van der Waals surface area (Å²) >= 11 is 0. The minimum absolute atomic E-state index is 0.133. The van der Waals surface area contributed by atoms with Crippen molar-refractivity contribution >= 4 is 17.8 Å². The number of aliphatic carboxylic acids is 1. The molecule has 5 nitrogen and oxygen atoms in total. The molecule has 1 aromatic heterocycles. The Bertz CT molecular complexity index is 574. The van der Waals surface area contributed by atoms with Crippen LogP contribution in [0, 0.1) is 0 Å². The number of carbonyl (C=O) groups is 1. The molecule has 0 amide bonds. The van der Waals surface area contributed by atoms with Crippen molar-refractivity contribution in [2.45, 2.75) is 32.6 Å². The standard InChI is InChI=1S/C12H16N2O3/c1-2-3-4-5-6-10-13-9(12(17)14-10)7-8-11(15)16/h6,8,13H,2-5H2,1H3,(H,14,17)(H,15,16). The highest BCUT2D eigenvalue weighted by atomic mass is 16.4. The zero-order chi connectivity index (χ0) is 12.7. The van der Waals surface area contributed by atoms with Gasteiger partial charge in [0.2, 0.25) is 0 Å². The molecule has 1 rings (SSSR count). The first-order valence-corrected chi connectivity index (χ1v) is 5.61. The summed E-state index contributed by atoms with van der Waals surface area (Å²) in [5, 5.41) is 8.55. The van der Waals surface area contributed by atoms with Crippen LogP contribution in [0.2, 0.25) is 0 Å². The summed E-state index contributed by atoms with van der Waals surface area (Å²) in [6.45, 7) is 2.13. The Morgan fingerprint density at radius 2 is 2.18 bits per heavy atom. The summed E-state index contributed by atoms with van der Waals surface area (Å²) in [7, 11) is 0. The maximum atomic E-state index is 11.4. The minimum Gasteiger partial charge on any atom is -0.478 e. The van der Waals surface area contributed by atoms with Crippen LogP contribution < -0.4 is 16.4 Å². The van der Waals surface area contributed by atoms with Gasteiger partial charge < -0.3 is 15.1 Å². The van der Waals surface area contributed by atoms with Crippen LogP contribution in [0.25, 0.3) is 11.8 Å². The number of aromatic amines is 2. The van der Waals surface area contributed by atoms with Gasteiger partial charge in [0.15, 0.2) is 0 Å². The molecule has 0 atom stereocenters. The number of carboxylic acid groups (broad SMARTS) is 1. The SMILES string of the molecule is CCCCCC=c1[nH]c(=O)c(=C=CC(=O)O)[nH]1. The van der Waals surface area contributed by atoms with Gasteiger partial charge in [-0.2, -0.15) is 0 Å². The second kappa shape index (κ2) is 6.55. The Kier molecular flexibility index (Phi) is 5.04. The minimum atomic E-state index is -1.13. The molecule has 0 aromatic carbocycles. The summed E-state index contributed by atoms with van der Waals surface area (Å²) in [6.07, 6.45) is 6.95. The lowest BCUT2D eigenvalue weighted by Crippen LogP contribution is -2.21. The molecule has 0 bridgehead atoms. The van der Waals surface area contributed by atoms with Crippen LogP contribution in [0.4, 0.5) is 0 Å².